The molecule has 0 spiro atoms. The molecule has 1 aliphatic heterocycles. The zero-order chi connectivity index (χ0) is 37.8. The Morgan fingerprint density at radius 3 is 1.77 bits per heavy atom. The van der Waals surface area contributed by atoms with Gasteiger partial charge in [0.2, 0.25) is 0 Å². The number of hydrogen-bond acceptors (Lipinski definition) is 3. The van der Waals surface area contributed by atoms with E-state index in [1.807, 2.05) is 121 Å². The molecule has 0 N–H and O–H groups in total. The fourth-order valence-corrected chi connectivity index (χ4v) is 8.18. The van der Waals surface area contributed by atoms with Gasteiger partial charge in [-0.1, -0.05) is 133 Å². The van der Waals surface area contributed by atoms with Crippen molar-refractivity contribution in [3.8, 4) is 50.2 Å². The monoisotopic (exact) mass is 718 g/mol. The van der Waals surface area contributed by atoms with Crippen LogP contribution in [0.1, 0.15) is 20.7 Å². The third-order valence-electron chi connectivity index (χ3n) is 10.6. The Bertz CT molecular complexity index is 3010. The Balaban J connectivity index is 1.25. The molecule has 1 aliphatic rings. The summed E-state index contributed by atoms with van der Waals surface area (Å²) in [5, 5.41) is 1.94. The predicted molar refractivity (Wildman–Crippen MR) is 224 cm³/mol. The van der Waals surface area contributed by atoms with Crippen LogP contribution in [0.15, 0.2) is 182 Å². The number of fused-ring (bicyclic) bond motifs is 4. The van der Waals surface area contributed by atoms with E-state index in [4.69, 9.17) is 6.57 Å². The lowest BCUT2D eigenvalue weighted by Crippen LogP contribution is -2.30. The number of carbonyl (C=O) groups is 2. The van der Waals surface area contributed by atoms with Gasteiger partial charge in [0, 0.05) is 39.9 Å². The molecule has 6 heteroatoms. The second-order valence-electron chi connectivity index (χ2n) is 13.7. The van der Waals surface area contributed by atoms with Gasteiger partial charge in [0.15, 0.2) is 5.69 Å². The molecule has 56 heavy (non-hydrogen) atoms. The third kappa shape index (κ3) is 5.07. The van der Waals surface area contributed by atoms with Gasteiger partial charge in [-0.15, -0.1) is 0 Å². The second kappa shape index (κ2) is 13.2. The van der Waals surface area contributed by atoms with Crippen molar-refractivity contribution in [2.24, 2.45) is 0 Å². The van der Waals surface area contributed by atoms with E-state index in [1.54, 1.807) is 24.5 Å². The van der Waals surface area contributed by atoms with E-state index in [-0.39, 0.29) is 0 Å². The van der Waals surface area contributed by atoms with Crippen LogP contribution in [0.4, 0.5) is 11.4 Å². The van der Waals surface area contributed by atoms with Crippen molar-refractivity contribution in [1.82, 2.24) is 9.55 Å². The molecule has 0 aliphatic carbocycles. The highest BCUT2D eigenvalue weighted by Gasteiger charge is 2.42. The number of anilines is 1. The van der Waals surface area contributed by atoms with Crippen molar-refractivity contribution in [2.45, 2.75) is 0 Å². The summed E-state index contributed by atoms with van der Waals surface area (Å²) < 4.78 is 2.07. The molecule has 0 fully saturated rings. The van der Waals surface area contributed by atoms with E-state index in [1.165, 1.54) is 4.90 Å². The first-order valence-corrected chi connectivity index (χ1v) is 18.3. The Morgan fingerprint density at radius 2 is 1.09 bits per heavy atom. The standard InChI is InChI=1S/C50H30N4O2/c1-51-43-27-28-52-31-42(43)38-23-13-22-37-36-21-11-12-25-44(36)53(47(37)38)45-26-14-24-39-46(45)50(56)54(49(39)55)48-40(33-17-7-3-8-18-33)29-35(32-15-5-2-6-16-32)30-41(48)34-19-9-4-10-20-34/h2-31H. The molecule has 0 unspecified atom stereocenters. The van der Waals surface area contributed by atoms with Crippen molar-refractivity contribution < 1.29 is 9.59 Å². The van der Waals surface area contributed by atoms with Gasteiger partial charge in [-0.25, -0.2) is 9.74 Å². The quantitative estimate of drug-likeness (QED) is 0.127. The van der Waals surface area contributed by atoms with E-state index in [0.29, 0.717) is 33.8 Å². The summed E-state index contributed by atoms with van der Waals surface area (Å²) in [6.45, 7) is 7.94. The number of aromatic nitrogens is 2. The fourth-order valence-electron chi connectivity index (χ4n) is 8.18. The summed E-state index contributed by atoms with van der Waals surface area (Å²) in [4.78, 5) is 40.0. The SMILES string of the molecule is [C-]#[N+]c1ccncc1-c1cccc2c3ccccc3n(-c3cccc4c3C(=O)N(c3c(-c5ccccc5)cc(-c5ccccc5)cc3-c3ccccc3)C4=O)c12. The predicted octanol–water partition coefficient (Wildman–Crippen LogP) is 12.2. The van der Waals surface area contributed by atoms with Crippen LogP contribution in [0, 0.1) is 6.57 Å². The van der Waals surface area contributed by atoms with Crippen LogP contribution in [-0.2, 0) is 0 Å². The molecule has 9 aromatic rings. The minimum Gasteiger partial charge on any atom is -0.308 e. The van der Waals surface area contributed by atoms with Gasteiger partial charge in [0.25, 0.3) is 11.8 Å². The van der Waals surface area contributed by atoms with Crippen LogP contribution in [0.25, 0.3) is 76.8 Å². The van der Waals surface area contributed by atoms with Gasteiger partial charge < -0.3 is 4.57 Å². The fraction of sp³-hybridized carbons (Fsp3) is 0. The molecule has 0 saturated carbocycles. The average Bonchev–Trinajstić information content (AvgIpc) is 3.74. The molecule has 0 radical (unpaired) electrons. The first-order chi connectivity index (χ1) is 27.6. The van der Waals surface area contributed by atoms with E-state index < -0.39 is 11.8 Å². The largest absolute Gasteiger partial charge is 0.308 e. The highest BCUT2D eigenvalue weighted by Crippen LogP contribution is 2.47. The Labute approximate surface area is 323 Å². The highest BCUT2D eigenvalue weighted by molar-refractivity contribution is 6.37. The summed E-state index contributed by atoms with van der Waals surface area (Å²) >= 11 is 0. The number of pyridine rings is 1. The molecule has 2 aromatic heterocycles. The first-order valence-electron chi connectivity index (χ1n) is 18.3. The van der Waals surface area contributed by atoms with Crippen LogP contribution >= 0.6 is 0 Å². The summed E-state index contributed by atoms with van der Waals surface area (Å²) in [6, 6.07) is 55.5. The number of carbonyl (C=O) groups excluding carboxylic acids is 2. The molecular weight excluding hydrogens is 689 g/mol. The van der Waals surface area contributed by atoms with Crippen LogP contribution in [0.5, 0.6) is 0 Å². The van der Waals surface area contributed by atoms with Crippen LogP contribution in [0.3, 0.4) is 0 Å². The second-order valence-corrected chi connectivity index (χ2v) is 13.7. The lowest BCUT2D eigenvalue weighted by molar-refractivity contribution is 0.0926. The van der Waals surface area contributed by atoms with Crippen molar-refractivity contribution in [3.63, 3.8) is 0 Å². The Morgan fingerprint density at radius 1 is 0.500 bits per heavy atom. The van der Waals surface area contributed by atoms with Crippen LogP contribution in [-0.4, -0.2) is 21.4 Å². The molecule has 2 amide bonds. The van der Waals surface area contributed by atoms with E-state index in [9.17, 15) is 0 Å². The van der Waals surface area contributed by atoms with E-state index in [0.717, 1.165) is 60.8 Å². The number of rotatable bonds is 6. The Kier molecular flexibility index (Phi) is 7.72. The van der Waals surface area contributed by atoms with Crippen molar-refractivity contribution in [1.29, 1.82) is 0 Å². The Hall–Kier alpha value is -7.88. The van der Waals surface area contributed by atoms with Gasteiger partial charge in [-0.3, -0.25) is 14.6 Å². The lowest BCUT2D eigenvalue weighted by Gasteiger charge is -2.24. The summed E-state index contributed by atoms with van der Waals surface area (Å²) in [6.07, 6.45) is 3.33. The number of benzene rings is 7. The molecule has 0 atom stereocenters. The maximum atomic E-state index is 15.4. The summed E-state index contributed by atoms with van der Waals surface area (Å²) in [5.74, 6) is -0.800. The zero-order valence-corrected chi connectivity index (χ0v) is 29.9. The average molecular weight is 719 g/mol. The van der Waals surface area contributed by atoms with Crippen LogP contribution in [0.2, 0.25) is 0 Å². The molecule has 262 valence electrons. The van der Waals surface area contributed by atoms with Gasteiger partial charge in [0.1, 0.15) is 0 Å². The van der Waals surface area contributed by atoms with Gasteiger partial charge in [-0.05, 0) is 64.2 Å². The maximum absolute atomic E-state index is 15.4. The molecule has 0 saturated heterocycles. The molecule has 0 bridgehead atoms. The maximum Gasteiger partial charge on any atom is 0.268 e. The number of nitrogens with zero attached hydrogens (tertiary/aromatic N) is 4. The van der Waals surface area contributed by atoms with Gasteiger partial charge in [-0.2, -0.15) is 0 Å². The van der Waals surface area contributed by atoms with Crippen LogP contribution < -0.4 is 4.90 Å². The molecule has 7 aromatic carbocycles. The zero-order valence-electron chi connectivity index (χ0n) is 29.9. The number of hydrogen-bond donors (Lipinski definition) is 0. The lowest BCUT2D eigenvalue weighted by atomic mass is 9.90. The topological polar surface area (TPSA) is 59.6 Å². The minimum absolute atomic E-state index is 0.316. The first kappa shape index (κ1) is 32.7. The smallest absolute Gasteiger partial charge is 0.268 e. The third-order valence-corrected chi connectivity index (χ3v) is 10.6. The summed E-state index contributed by atoms with van der Waals surface area (Å²) in [5.41, 5.74) is 10.7. The number of amides is 2. The molecular formula is C50H30N4O2. The normalized spacial score (nSPS) is 12.3. The van der Waals surface area contributed by atoms with Crippen molar-refractivity contribution in [2.75, 3.05) is 4.90 Å². The van der Waals surface area contributed by atoms with E-state index in [2.05, 4.69) is 50.8 Å². The number of para-hydroxylation sites is 2. The van der Waals surface area contributed by atoms with Gasteiger partial charge >= 0.3 is 0 Å². The van der Waals surface area contributed by atoms with Crippen molar-refractivity contribution in [3.05, 3.63) is 205 Å². The summed E-state index contributed by atoms with van der Waals surface area (Å²) in [7, 11) is 0. The molecule has 10 rings (SSSR count). The molecule has 6 nitrogen and oxygen atoms in total. The van der Waals surface area contributed by atoms with E-state index >= 15 is 9.59 Å². The minimum atomic E-state index is -0.408. The van der Waals surface area contributed by atoms with Crippen molar-refractivity contribution >= 4 is 45.0 Å². The highest BCUT2D eigenvalue weighted by atomic mass is 16.2. The number of imide groups is 1. The molecule has 3 heterocycles. The van der Waals surface area contributed by atoms with Gasteiger partial charge in [0.05, 0.1) is 40.1 Å².